The number of nitrogens with zero attached hydrogens (tertiary/aromatic N) is 1. The highest BCUT2D eigenvalue weighted by molar-refractivity contribution is 7.88. The van der Waals surface area contributed by atoms with Crippen LogP contribution in [0.25, 0.3) is 0 Å². The van der Waals surface area contributed by atoms with Gasteiger partial charge in [-0.25, -0.2) is 9.59 Å². The lowest BCUT2D eigenvalue weighted by Gasteiger charge is -2.47. The van der Waals surface area contributed by atoms with Crippen molar-refractivity contribution in [3.8, 4) is 17.2 Å². The third kappa shape index (κ3) is 8.07. The Balaban J connectivity index is 1.67. The van der Waals surface area contributed by atoms with E-state index in [1.165, 1.54) is 6.07 Å². The first-order chi connectivity index (χ1) is 20.2. The van der Waals surface area contributed by atoms with Crippen molar-refractivity contribution in [3.63, 3.8) is 0 Å². The van der Waals surface area contributed by atoms with Gasteiger partial charge in [0.05, 0.1) is 0 Å². The zero-order chi connectivity index (χ0) is 32.7. The van der Waals surface area contributed by atoms with Gasteiger partial charge in [-0.2, -0.15) is 21.6 Å². The maximum atomic E-state index is 13.0. The summed E-state index contributed by atoms with van der Waals surface area (Å²) in [4.78, 5) is 26.6. The van der Waals surface area contributed by atoms with Crippen LogP contribution >= 0.6 is 0 Å². The van der Waals surface area contributed by atoms with E-state index in [1.54, 1.807) is 64.6 Å². The van der Waals surface area contributed by atoms with Crippen molar-refractivity contribution in [3.05, 3.63) is 53.6 Å². The standard InChI is InChI=1S/C30H36F3NO9S/c1-27(2,3)41-25(35)34-14-12-29(13-15-34)18-23(19-8-7-9-20(16-19)39-26(36)42-28(4,5)6)22-11-10-21(17-24(22)40-29)43-44(37,38)30(31,32)33/h7-11,16-17,23H,12-15,18H2,1-6H3. The Labute approximate surface area is 254 Å². The maximum absolute atomic E-state index is 13.0. The Morgan fingerprint density at radius 2 is 1.55 bits per heavy atom. The molecule has 0 aromatic heterocycles. The number of halogens is 3. The van der Waals surface area contributed by atoms with Crippen molar-refractivity contribution in [1.29, 1.82) is 0 Å². The van der Waals surface area contributed by atoms with Gasteiger partial charge < -0.3 is 28.0 Å². The van der Waals surface area contributed by atoms with Gasteiger partial charge in [0.1, 0.15) is 34.1 Å². The molecule has 0 aliphatic carbocycles. The number of hydrogen-bond donors (Lipinski definition) is 0. The Morgan fingerprint density at radius 1 is 0.909 bits per heavy atom. The van der Waals surface area contributed by atoms with E-state index in [4.69, 9.17) is 18.9 Å². The smallest absolute Gasteiger partial charge is 0.487 e. The van der Waals surface area contributed by atoms with Gasteiger partial charge in [0.25, 0.3) is 0 Å². The summed E-state index contributed by atoms with van der Waals surface area (Å²) < 4.78 is 89.3. The third-order valence-electron chi connectivity index (χ3n) is 6.93. The number of hydrogen-bond acceptors (Lipinski definition) is 9. The third-order valence-corrected chi connectivity index (χ3v) is 7.91. The van der Waals surface area contributed by atoms with Crippen LogP contribution in [0.4, 0.5) is 22.8 Å². The fraction of sp³-hybridized carbons (Fsp3) is 0.533. The van der Waals surface area contributed by atoms with Crippen LogP contribution in [0, 0.1) is 0 Å². The zero-order valence-electron chi connectivity index (χ0n) is 25.3. The number of benzene rings is 2. The predicted octanol–water partition coefficient (Wildman–Crippen LogP) is 6.91. The van der Waals surface area contributed by atoms with E-state index < -0.39 is 56.3 Å². The van der Waals surface area contributed by atoms with Crippen molar-refractivity contribution < 1.29 is 54.3 Å². The van der Waals surface area contributed by atoms with Crippen LogP contribution in [0.15, 0.2) is 42.5 Å². The lowest BCUT2D eigenvalue weighted by molar-refractivity contribution is -0.0501. The van der Waals surface area contributed by atoms with E-state index in [0.717, 1.165) is 12.1 Å². The predicted molar refractivity (Wildman–Crippen MR) is 152 cm³/mol. The van der Waals surface area contributed by atoms with Gasteiger partial charge in [-0.1, -0.05) is 18.2 Å². The molecule has 1 fully saturated rings. The number of ether oxygens (including phenoxy) is 4. The molecule has 1 spiro atoms. The van der Waals surface area contributed by atoms with Crippen LogP contribution in [0.2, 0.25) is 0 Å². The number of likely N-dealkylation sites (tertiary alicyclic amines) is 1. The van der Waals surface area contributed by atoms with Crippen LogP contribution < -0.4 is 13.7 Å². The Hall–Kier alpha value is -3.68. The second kappa shape index (κ2) is 11.7. The lowest BCUT2D eigenvalue weighted by Crippen LogP contribution is -2.52. The molecule has 14 heteroatoms. The molecule has 0 N–H and O–H groups in total. The Bertz CT molecular complexity index is 1500. The summed E-state index contributed by atoms with van der Waals surface area (Å²) in [5.74, 6) is -0.609. The van der Waals surface area contributed by atoms with Crippen LogP contribution in [0.1, 0.15) is 77.8 Å². The van der Waals surface area contributed by atoms with Gasteiger partial charge in [0.2, 0.25) is 0 Å². The van der Waals surface area contributed by atoms with Gasteiger partial charge in [-0.05, 0) is 71.7 Å². The highest BCUT2D eigenvalue weighted by Gasteiger charge is 2.49. The minimum atomic E-state index is -5.91. The van der Waals surface area contributed by atoms with Crippen molar-refractivity contribution in [2.24, 2.45) is 0 Å². The first kappa shape index (κ1) is 33.2. The molecule has 4 rings (SSSR count). The summed E-state index contributed by atoms with van der Waals surface area (Å²) >= 11 is 0. The summed E-state index contributed by atoms with van der Waals surface area (Å²) in [5, 5.41) is 0. The molecular formula is C30H36F3NO9S. The van der Waals surface area contributed by atoms with E-state index in [-0.39, 0.29) is 24.6 Å². The van der Waals surface area contributed by atoms with Crippen molar-refractivity contribution in [1.82, 2.24) is 4.90 Å². The summed E-state index contributed by atoms with van der Waals surface area (Å²) in [6.07, 6.45) is -0.218. The van der Waals surface area contributed by atoms with Gasteiger partial charge in [0, 0.05) is 43.5 Å². The molecule has 10 nitrogen and oxygen atoms in total. The topological polar surface area (TPSA) is 118 Å². The molecule has 1 amide bonds. The fourth-order valence-corrected chi connectivity index (χ4v) is 5.51. The molecule has 2 heterocycles. The number of amides is 1. The Kier molecular flexibility index (Phi) is 8.82. The average Bonchev–Trinajstić information content (AvgIpc) is 2.85. The van der Waals surface area contributed by atoms with Crippen LogP contribution in [0.5, 0.6) is 17.2 Å². The van der Waals surface area contributed by atoms with E-state index in [0.29, 0.717) is 30.4 Å². The van der Waals surface area contributed by atoms with E-state index in [9.17, 15) is 31.2 Å². The monoisotopic (exact) mass is 643 g/mol. The highest BCUT2D eigenvalue weighted by Crippen LogP contribution is 2.49. The zero-order valence-corrected chi connectivity index (χ0v) is 26.1. The first-order valence-corrected chi connectivity index (χ1v) is 15.4. The van der Waals surface area contributed by atoms with Gasteiger partial charge in [0.15, 0.2) is 0 Å². The van der Waals surface area contributed by atoms with Gasteiger partial charge >= 0.3 is 27.9 Å². The quantitative estimate of drug-likeness (QED) is 0.152. The number of rotatable bonds is 4. The molecule has 0 radical (unpaired) electrons. The maximum Gasteiger partial charge on any atom is 0.534 e. The number of alkyl halides is 3. The van der Waals surface area contributed by atoms with Gasteiger partial charge in [-0.15, -0.1) is 0 Å². The van der Waals surface area contributed by atoms with Crippen LogP contribution in [-0.4, -0.2) is 61.0 Å². The largest absolute Gasteiger partial charge is 0.534 e. The molecule has 0 bridgehead atoms. The number of carbonyl (C=O) groups excluding carboxylic acids is 2. The molecule has 2 aromatic carbocycles. The molecule has 2 aliphatic heterocycles. The van der Waals surface area contributed by atoms with Crippen LogP contribution in [0.3, 0.4) is 0 Å². The van der Waals surface area contributed by atoms with E-state index in [1.807, 2.05) is 6.07 Å². The second-order valence-corrected chi connectivity index (χ2v) is 14.4. The van der Waals surface area contributed by atoms with Crippen LogP contribution in [-0.2, 0) is 19.6 Å². The molecule has 0 saturated carbocycles. The lowest BCUT2D eigenvalue weighted by atomic mass is 9.75. The summed E-state index contributed by atoms with van der Waals surface area (Å²) in [6.45, 7) is 11.0. The van der Waals surface area contributed by atoms with E-state index in [2.05, 4.69) is 4.18 Å². The Morgan fingerprint density at radius 3 is 2.14 bits per heavy atom. The SMILES string of the molecule is CC(C)(C)OC(=O)Oc1cccc(C2CC3(CCN(C(=O)OC(C)(C)C)CC3)Oc3cc(OS(=O)(=O)C(F)(F)F)ccc32)c1. The molecule has 44 heavy (non-hydrogen) atoms. The normalized spacial score (nSPS) is 18.6. The van der Waals surface area contributed by atoms with Crippen molar-refractivity contribution >= 4 is 22.4 Å². The van der Waals surface area contributed by atoms with Crippen molar-refractivity contribution in [2.75, 3.05) is 13.1 Å². The van der Waals surface area contributed by atoms with E-state index >= 15 is 0 Å². The fourth-order valence-electron chi connectivity index (χ4n) is 5.06. The number of carbonyl (C=O) groups is 2. The highest BCUT2D eigenvalue weighted by atomic mass is 32.2. The molecule has 1 saturated heterocycles. The second-order valence-electron chi connectivity index (χ2n) is 12.8. The summed E-state index contributed by atoms with van der Waals surface area (Å²) in [5.41, 5.74) is -6.65. The molecule has 1 unspecified atom stereocenters. The molecule has 242 valence electrons. The van der Waals surface area contributed by atoms with Crippen molar-refractivity contribution in [2.45, 2.75) is 89.0 Å². The average molecular weight is 644 g/mol. The molecule has 2 aliphatic rings. The molecule has 1 atom stereocenters. The minimum Gasteiger partial charge on any atom is -0.487 e. The van der Waals surface area contributed by atoms with Gasteiger partial charge in [-0.3, -0.25) is 0 Å². The summed E-state index contributed by atoms with van der Waals surface area (Å²) in [7, 11) is -5.91. The molecule has 2 aromatic rings. The molecular weight excluding hydrogens is 607 g/mol. The number of fused-ring (bicyclic) bond motifs is 1. The first-order valence-electron chi connectivity index (χ1n) is 14.0. The minimum absolute atomic E-state index is 0.139. The summed E-state index contributed by atoms with van der Waals surface area (Å²) in [6, 6.07) is 10.4. The number of piperidine rings is 1.